The van der Waals surface area contributed by atoms with Crippen molar-refractivity contribution < 1.29 is 0 Å². The second kappa shape index (κ2) is 3.02. The third kappa shape index (κ3) is 1.58. The van der Waals surface area contributed by atoms with E-state index < -0.39 is 0 Å². The molecule has 0 saturated carbocycles. The molecule has 1 unspecified atom stereocenters. The molecule has 0 bridgehead atoms. The maximum atomic E-state index is 8.61. The van der Waals surface area contributed by atoms with Crippen molar-refractivity contribution >= 4 is 11.3 Å². The fourth-order valence-corrected chi connectivity index (χ4v) is 1.66. The van der Waals surface area contributed by atoms with Gasteiger partial charge in [0.05, 0.1) is 17.7 Å². The molecule has 0 aliphatic heterocycles. The van der Waals surface area contributed by atoms with Crippen LogP contribution in [0.2, 0.25) is 0 Å². The average Bonchev–Trinajstić information content (AvgIpc) is 2.31. The highest BCUT2D eigenvalue weighted by Gasteiger charge is 2.09. The SMILES string of the molecule is Cc1nc(C(C)C#N)sc1C. The highest BCUT2D eigenvalue weighted by molar-refractivity contribution is 7.11. The molecule has 1 atom stereocenters. The molecule has 0 amide bonds. The predicted molar refractivity (Wildman–Crippen MR) is 45.6 cm³/mol. The molecule has 1 aromatic heterocycles. The second-order valence-electron chi connectivity index (χ2n) is 2.54. The Morgan fingerprint density at radius 3 is 2.55 bits per heavy atom. The Hall–Kier alpha value is -0.880. The number of hydrogen-bond acceptors (Lipinski definition) is 3. The number of hydrogen-bond donors (Lipinski definition) is 0. The first kappa shape index (κ1) is 8.22. The zero-order chi connectivity index (χ0) is 8.43. The molecule has 0 aromatic carbocycles. The minimum Gasteiger partial charge on any atom is -0.245 e. The molecule has 58 valence electrons. The van der Waals surface area contributed by atoms with E-state index in [9.17, 15) is 0 Å². The molecule has 0 fully saturated rings. The van der Waals surface area contributed by atoms with Crippen LogP contribution in [0.4, 0.5) is 0 Å². The molecule has 1 rings (SSSR count). The number of aryl methyl sites for hydroxylation is 2. The molecule has 0 aliphatic carbocycles. The van der Waals surface area contributed by atoms with Crippen molar-refractivity contribution in [1.29, 1.82) is 5.26 Å². The molecule has 0 radical (unpaired) electrons. The topological polar surface area (TPSA) is 36.7 Å². The van der Waals surface area contributed by atoms with Crippen LogP contribution in [0.3, 0.4) is 0 Å². The molecule has 1 heterocycles. The van der Waals surface area contributed by atoms with E-state index in [0.717, 1.165) is 10.7 Å². The molecule has 11 heavy (non-hydrogen) atoms. The molecule has 3 heteroatoms. The summed E-state index contributed by atoms with van der Waals surface area (Å²) in [5, 5.41) is 9.54. The van der Waals surface area contributed by atoms with Gasteiger partial charge in [-0.2, -0.15) is 5.26 Å². The largest absolute Gasteiger partial charge is 0.245 e. The summed E-state index contributed by atoms with van der Waals surface area (Å²) in [7, 11) is 0. The molecule has 0 saturated heterocycles. The lowest BCUT2D eigenvalue weighted by atomic mass is 10.2. The number of nitrogens with zero attached hydrogens (tertiary/aromatic N) is 2. The summed E-state index contributed by atoms with van der Waals surface area (Å²) in [5.74, 6) is -0.0626. The van der Waals surface area contributed by atoms with E-state index in [4.69, 9.17) is 5.26 Å². The predicted octanol–water partition coefficient (Wildman–Crippen LogP) is 2.39. The highest BCUT2D eigenvalue weighted by atomic mass is 32.1. The standard InChI is InChI=1S/C8H10N2S/c1-5(4-9)8-10-6(2)7(3)11-8/h5H,1-3H3. The van der Waals surface area contributed by atoms with Gasteiger partial charge in [-0.15, -0.1) is 11.3 Å². The molecule has 0 N–H and O–H groups in total. The molecule has 1 aromatic rings. The number of rotatable bonds is 1. The molecular formula is C8H10N2S. The van der Waals surface area contributed by atoms with Crippen molar-refractivity contribution in [2.45, 2.75) is 26.7 Å². The summed E-state index contributed by atoms with van der Waals surface area (Å²) in [6.45, 7) is 5.87. The van der Waals surface area contributed by atoms with E-state index in [1.807, 2.05) is 20.8 Å². The van der Waals surface area contributed by atoms with Crippen molar-refractivity contribution in [2.24, 2.45) is 0 Å². The Bertz CT molecular complexity index is 276. The van der Waals surface area contributed by atoms with Gasteiger partial charge in [-0.05, 0) is 20.8 Å². The van der Waals surface area contributed by atoms with Gasteiger partial charge in [0.15, 0.2) is 0 Å². The lowest BCUT2D eigenvalue weighted by Gasteiger charge is -1.91. The van der Waals surface area contributed by atoms with Gasteiger partial charge in [-0.3, -0.25) is 0 Å². The van der Waals surface area contributed by atoms with E-state index in [0.29, 0.717) is 0 Å². The van der Waals surface area contributed by atoms with Crippen LogP contribution in [0.25, 0.3) is 0 Å². The Morgan fingerprint density at radius 2 is 2.18 bits per heavy atom. The lowest BCUT2D eigenvalue weighted by Crippen LogP contribution is -1.86. The maximum Gasteiger partial charge on any atom is 0.110 e. The first-order valence-corrected chi connectivity index (χ1v) is 4.30. The van der Waals surface area contributed by atoms with Crippen LogP contribution in [0.5, 0.6) is 0 Å². The summed E-state index contributed by atoms with van der Waals surface area (Å²) in [5.41, 5.74) is 1.05. The first-order chi connectivity index (χ1) is 5.15. The monoisotopic (exact) mass is 166 g/mol. The Kier molecular flexibility index (Phi) is 2.25. The minimum absolute atomic E-state index is 0.0626. The van der Waals surface area contributed by atoms with Crippen LogP contribution in [0, 0.1) is 25.2 Å². The summed E-state index contributed by atoms with van der Waals surface area (Å²) in [6, 6.07) is 2.17. The van der Waals surface area contributed by atoms with Gasteiger partial charge in [-0.25, -0.2) is 4.98 Å². The van der Waals surface area contributed by atoms with Gasteiger partial charge >= 0.3 is 0 Å². The van der Waals surface area contributed by atoms with Crippen LogP contribution < -0.4 is 0 Å². The molecule has 0 aliphatic rings. The summed E-state index contributed by atoms with van der Waals surface area (Å²) >= 11 is 1.61. The van der Waals surface area contributed by atoms with Crippen LogP contribution in [-0.4, -0.2) is 4.98 Å². The van der Waals surface area contributed by atoms with Crippen LogP contribution in [-0.2, 0) is 0 Å². The van der Waals surface area contributed by atoms with Crippen molar-refractivity contribution in [2.75, 3.05) is 0 Å². The van der Waals surface area contributed by atoms with Gasteiger partial charge in [0.25, 0.3) is 0 Å². The molecule has 0 spiro atoms. The third-order valence-electron chi connectivity index (χ3n) is 1.61. The number of aromatic nitrogens is 1. The van der Waals surface area contributed by atoms with E-state index in [2.05, 4.69) is 11.1 Å². The summed E-state index contributed by atoms with van der Waals surface area (Å²) in [6.07, 6.45) is 0. The highest BCUT2D eigenvalue weighted by Crippen LogP contribution is 2.23. The van der Waals surface area contributed by atoms with Crippen LogP contribution >= 0.6 is 11.3 Å². The Labute approximate surface area is 70.5 Å². The smallest absolute Gasteiger partial charge is 0.110 e. The van der Waals surface area contributed by atoms with Crippen molar-refractivity contribution in [3.8, 4) is 6.07 Å². The second-order valence-corrected chi connectivity index (χ2v) is 3.78. The van der Waals surface area contributed by atoms with Gasteiger partial charge in [0, 0.05) is 4.88 Å². The number of nitriles is 1. The third-order valence-corrected chi connectivity index (χ3v) is 2.86. The van der Waals surface area contributed by atoms with E-state index >= 15 is 0 Å². The Balaban J connectivity index is 2.99. The van der Waals surface area contributed by atoms with Crippen LogP contribution in [0.1, 0.15) is 28.4 Å². The quantitative estimate of drug-likeness (QED) is 0.642. The van der Waals surface area contributed by atoms with Crippen molar-refractivity contribution in [1.82, 2.24) is 4.98 Å². The van der Waals surface area contributed by atoms with Gasteiger partial charge in [-0.1, -0.05) is 0 Å². The van der Waals surface area contributed by atoms with E-state index in [1.54, 1.807) is 11.3 Å². The van der Waals surface area contributed by atoms with Gasteiger partial charge < -0.3 is 0 Å². The first-order valence-electron chi connectivity index (χ1n) is 3.48. The van der Waals surface area contributed by atoms with Crippen molar-refractivity contribution in [3.05, 3.63) is 15.6 Å². The average molecular weight is 166 g/mol. The van der Waals surface area contributed by atoms with E-state index in [-0.39, 0.29) is 5.92 Å². The summed E-state index contributed by atoms with van der Waals surface area (Å²) in [4.78, 5) is 5.49. The van der Waals surface area contributed by atoms with E-state index in [1.165, 1.54) is 4.88 Å². The fourth-order valence-electron chi connectivity index (χ4n) is 0.738. The zero-order valence-corrected chi connectivity index (χ0v) is 7.70. The Morgan fingerprint density at radius 1 is 1.55 bits per heavy atom. The number of thiazole rings is 1. The lowest BCUT2D eigenvalue weighted by molar-refractivity contribution is 0.947. The maximum absolute atomic E-state index is 8.61. The normalized spacial score (nSPS) is 12.5. The summed E-state index contributed by atoms with van der Waals surface area (Å²) < 4.78 is 0. The van der Waals surface area contributed by atoms with Gasteiger partial charge in [0.1, 0.15) is 5.01 Å². The molecular weight excluding hydrogens is 156 g/mol. The van der Waals surface area contributed by atoms with Gasteiger partial charge in [0.2, 0.25) is 0 Å². The van der Waals surface area contributed by atoms with Crippen LogP contribution in [0.15, 0.2) is 0 Å². The fraction of sp³-hybridized carbons (Fsp3) is 0.500. The minimum atomic E-state index is -0.0626. The molecule has 2 nitrogen and oxygen atoms in total. The van der Waals surface area contributed by atoms with Crippen molar-refractivity contribution in [3.63, 3.8) is 0 Å². The zero-order valence-electron chi connectivity index (χ0n) is 6.88.